The fourth-order valence-electron chi connectivity index (χ4n) is 2.12. The van der Waals surface area contributed by atoms with Crippen LogP contribution in [0.15, 0.2) is 41.6 Å². The first-order chi connectivity index (χ1) is 8.98. The van der Waals surface area contributed by atoms with Gasteiger partial charge in [0.2, 0.25) is 0 Å². The Labute approximate surface area is 114 Å². The van der Waals surface area contributed by atoms with Gasteiger partial charge in [-0.05, 0) is 43.0 Å². The van der Waals surface area contributed by atoms with Crippen molar-refractivity contribution in [1.82, 2.24) is 3.97 Å². The van der Waals surface area contributed by atoms with Crippen LogP contribution in [0.3, 0.4) is 0 Å². The highest BCUT2D eigenvalue weighted by Gasteiger charge is 2.18. The van der Waals surface area contributed by atoms with Gasteiger partial charge in [0.15, 0.2) is 0 Å². The third-order valence-electron chi connectivity index (χ3n) is 3.34. The summed E-state index contributed by atoms with van der Waals surface area (Å²) in [5.41, 5.74) is 3.24. The van der Waals surface area contributed by atoms with Gasteiger partial charge in [-0.3, -0.25) is 0 Å². The summed E-state index contributed by atoms with van der Waals surface area (Å²) in [7, 11) is -3.46. The molecule has 0 fully saturated rings. The Morgan fingerprint density at radius 3 is 1.84 bits per heavy atom. The third-order valence-corrected chi connectivity index (χ3v) is 4.97. The van der Waals surface area contributed by atoms with E-state index in [1.54, 1.807) is 24.5 Å². The minimum absolute atomic E-state index is 0.332. The van der Waals surface area contributed by atoms with Crippen LogP contribution in [-0.2, 0) is 22.9 Å². The average Bonchev–Trinajstić information content (AvgIpc) is 2.83. The Morgan fingerprint density at radius 1 is 0.947 bits per heavy atom. The maximum Gasteiger partial charge on any atom is 0.267 e. The van der Waals surface area contributed by atoms with E-state index in [1.807, 2.05) is 32.9 Å². The summed E-state index contributed by atoms with van der Waals surface area (Å²) >= 11 is 0. The van der Waals surface area contributed by atoms with Crippen LogP contribution in [0.5, 0.6) is 0 Å². The second kappa shape index (κ2) is 5.21. The van der Waals surface area contributed by atoms with Crippen molar-refractivity contribution >= 4 is 10.0 Å². The lowest BCUT2D eigenvalue weighted by atomic mass is 10.1. The summed E-state index contributed by atoms with van der Waals surface area (Å²) in [6.07, 6.45) is 5.15. The van der Waals surface area contributed by atoms with Gasteiger partial charge in [-0.2, -0.15) is 0 Å². The minimum Gasteiger partial charge on any atom is -0.248 e. The van der Waals surface area contributed by atoms with E-state index < -0.39 is 10.0 Å². The van der Waals surface area contributed by atoms with Crippen LogP contribution < -0.4 is 0 Å². The van der Waals surface area contributed by atoms with Gasteiger partial charge in [-0.25, -0.2) is 12.4 Å². The lowest BCUT2D eigenvalue weighted by Gasteiger charge is -2.05. The van der Waals surface area contributed by atoms with Crippen LogP contribution in [0, 0.1) is 6.92 Å². The number of hydrogen-bond acceptors (Lipinski definition) is 2. The van der Waals surface area contributed by atoms with Crippen molar-refractivity contribution in [2.75, 3.05) is 0 Å². The molecular formula is C15H19NO2S. The normalized spacial score (nSPS) is 11.7. The predicted molar refractivity (Wildman–Crippen MR) is 77.0 cm³/mol. The van der Waals surface area contributed by atoms with Crippen LogP contribution in [0.4, 0.5) is 0 Å². The highest BCUT2D eigenvalue weighted by atomic mass is 32.2. The third kappa shape index (κ3) is 2.59. The Balaban J connectivity index is 2.50. The molecule has 0 saturated carbocycles. The fraction of sp³-hybridized carbons (Fsp3) is 0.333. The largest absolute Gasteiger partial charge is 0.267 e. The van der Waals surface area contributed by atoms with Crippen molar-refractivity contribution in [3.8, 4) is 0 Å². The van der Waals surface area contributed by atoms with Crippen LogP contribution in [0.2, 0.25) is 0 Å². The van der Waals surface area contributed by atoms with Crippen molar-refractivity contribution in [3.05, 3.63) is 53.3 Å². The first-order valence-corrected chi connectivity index (χ1v) is 7.95. The van der Waals surface area contributed by atoms with Gasteiger partial charge in [0, 0.05) is 12.4 Å². The Hall–Kier alpha value is -1.55. The zero-order valence-electron chi connectivity index (χ0n) is 11.6. The van der Waals surface area contributed by atoms with E-state index in [0.29, 0.717) is 4.90 Å². The summed E-state index contributed by atoms with van der Waals surface area (Å²) in [4.78, 5) is 0.332. The molecule has 102 valence electrons. The van der Waals surface area contributed by atoms with Crippen LogP contribution >= 0.6 is 0 Å². The maximum atomic E-state index is 12.5. The van der Waals surface area contributed by atoms with Crippen molar-refractivity contribution in [1.29, 1.82) is 0 Å². The smallest absolute Gasteiger partial charge is 0.248 e. The second-order valence-corrected chi connectivity index (χ2v) is 6.51. The quantitative estimate of drug-likeness (QED) is 0.861. The van der Waals surface area contributed by atoms with Gasteiger partial charge >= 0.3 is 0 Å². The van der Waals surface area contributed by atoms with Crippen LogP contribution in [0.1, 0.15) is 30.5 Å². The number of benzene rings is 1. The molecule has 0 N–H and O–H groups in total. The molecule has 19 heavy (non-hydrogen) atoms. The topological polar surface area (TPSA) is 39.1 Å². The van der Waals surface area contributed by atoms with Crippen molar-refractivity contribution in [2.24, 2.45) is 0 Å². The van der Waals surface area contributed by atoms with Gasteiger partial charge in [0.25, 0.3) is 10.0 Å². The fourth-order valence-corrected chi connectivity index (χ4v) is 3.37. The molecule has 2 aromatic rings. The molecule has 0 unspecified atom stereocenters. The van der Waals surface area contributed by atoms with Gasteiger partial charge in [-0.15, -0.1) is 0 Å². The molecule has 0 spiro atoms. The molecule has 1 aromatic heterocycles. The van der Waals surface area contributed by atoms with Gasteiger partial charge in [-0.1, -0.05) is 31.5 Å². The van der Waals surface area contributed by atoms with Crippen molar-refractivity contribution < 1.29 is 8.42 Å². The number of rotatable bonds is 4. The molecule has 0 atom stereocenters. The number of aryl methyl sites for hydroxylation is 3. The van der Waals surface area contributed by atoms with Crippen LogP contribution in [0.25, 0.3) is 0 Å². The lowest BCUT2D eigenvalue weighted by Crippen LogP contribution is -2.10. The van der Waals surface area contributed by atoms with E-state index in [1.165, 1.54) is 3.97 Å². The molecule has 0 aliphatic rings. The Morgan fingerprint density at radius 2 is 1.42 bits per heavy atom. The molecule has 3 nitrogen and oxygen atoms in total. The predicted octanol–water partition coefficient (Wildman–Crippen LogP) is 3.16. The molecule has 0 radical (unpaired) electrons. The summed E-state index contributed by atoms with van der Waals surface area (Å²) in [6, 6.07) is 6.94. The molecule has 1 aromatic carbocycles. The average molecular weight is 277 g/mol. The highest BCUT2D eigenvalue weighted by molar-refractivity contribution is 7.90. The SMILES string of the molecule is CCc1cn(S(=O)(=O)c2ccc(C)cc2)cc1CC. The van der Waals surface area contributed by atoms with Gasteiger partial charge < -0.3 is 0 Å². The number of hydrogen-bond donors (Lipinski definition) is 0. The monoisotopic (exact) mass is 277 g/mol. The summed E-state index contributed by atoms with van der Waals surface area (Å²) in [5.74, 6) is 0. The summed E-state index contributed by atoms with van der Waals surface area (Å²) in [5, 5.41) is 0. The molecule has 0 saturated heterocycles. The van der Waals surface area contributed by atoms with E-state index in [2.05, 4.69) is 0 Å². The van der Waals surface area contributed by atoms with Gasteiger partial charge in [0.05, 0.1) is 4.90 Å². The molecule has 4 heteroatoms. The summed E-state index contributed by atoms with van der Waals surface area (Å²) < 4.78 is 26.4. The minimum atomic E-state index is -3.46. The molecule has 0 aliphatic heterocycles. The Kier molecular flexibility index (Phi) is 3.80. The Bertz CT molecular complexity index is 645. The molecule has 0 aliphatic carbocycles. The van der Waals surface area contributed by atoms with Crippen molar-refractivity contribution in [2.45, 2.75) is 38.5 Å². The van der Waals surface area contributed by atoms with Crippen molar-refractivity contribution in [3.63, 3.8) is 0 Å². The zero-order chi connectivity index (χ0) is 14.0. The first kappa shape index (κ1) is 13.9. The number of aromatic nitrogens is 1. The van der Waals surface area contributed by atoms with Gasteiger partial charge in [0.1, 0.15) is 0 Å². The number of nitrogens with zero attached hydrogens (tertiary/aromatic N) is 1. The molecule has 0 bridgehead atoms. The molecule has 1 heterocycles. The van der Waals surface area contributed by atoms with E-state index in [4.69, 9.17) is 0 Å². The highest BCUT2D eigenvalue weighted by Crippen LogP contribution is 2.19. The second-order valence-electron chi connectivity index (χ2n) is 4.66. The van der Waals surface area contributed by atoms with E-state index >= 15 is 0 Å². The maximum absolute atomic E-state index is 12.5. The lowest BCUT2D eigenvalue weighted by molar-refractivity contribution is 0.587. The summed E-state index contributed by atoms with van der Waals surface area (Å²) in [6.45, 7) is 6.02. The van der Waals surface area contributed by atoms with E-state index in [-0.39, 0.29) is 0 Å². The van der Waals surface area contributed by atoms with E-state index in [0.717, 1.165) is 29.5 Å². The van der Waals surface area contributed by atoms with Crippen LogP contribution in [-0.4, -0.2) is 12.4 Å². The van der Waals surface area contributed by atoms with E-state index in [9.17, 15) is 8.42 Å². The standard InChI is InChI=1S/C15H19NO2S/c1-4-13-10-16(11-14(13)5-2)19(17,18)15-8-6-12(3)7-9-15/h6-11H,4-5H2,1-3H3. The molecular weight excluding hydrogens is 258 g/mol. The molecule has 0 amide bonds. The first-order valence-electron chi connectivity index (χ1n) is 6.51. The molecule has 2 rings (SSSR count). The zero-order valence-corrected chi connectivity index (χ0v) is 12.4.